The van der Waals surface area contributed by atoms with Crippen molar-refractivity contribution in [3.8, 4) is 11.3 Å². The summed E-state index contributed by atoms with van der Waals surface area (Å²) in [6.45, 7) is 1.96. The number of piperidine rings is 1. The number of rotatable bonds is 4. The second-order valence-electron chi connectivity index (χ2n) is 5.27. The first-order valence-electron chi connectivity index (χ1n) is 7.36. The number of non-ortho nitro benzene ring substituents is 1. The van der Waals surface area contributed by atoms with Gasteiger partial charge in [0.2, 0.25) is 0 Å². The zero-order valence-electron chi connectivity index (χ0n) is 12.1. The van der Waals surface area contributed by atoms with Gasteiger partial charge in [0.15, 0.2) is 0 Å². The zero-order valence-corrected chi connectivity index (χ0v) is 12.1. The summed E-state index contributed by atoms with van der Waals surface area (Å²) in [5, 5.41) is 17.3. The van der Waals surface area contributed by atoms with Crippen LogP contribution in [-0.4, -0.2) is 29.2 Å². The molecule has 1 aliphatic heterocycles. The number of hydrazone groups is 1. The van der Waals surface area contributed by atoms with Gasteiger partial charge < -0.3 is 4.42 Å². The first kappa shape index (κ1) is 14.3. The van der Waals surface area contributed by atoms with Crippen molar-refractivity contribution in [2.24, 2.45) is 5.10 Å². The van der Waals surface area contributed by atoms with Crippen LogP contribution in [0, 0.1) is 10.1 Å². The van der Waals surface area contributed by atoms with Crippen molar-refractivity contribution in [1.82, 2.24) is 5.01 Å². The largest absolute Gasteiger partial charge is 0.455 e. The summed E-state index contributed by atoms with van der Waals surface area (Å²) in [7, 11) is 0. The Hall–Kier alpha value is -2.63. The molecule has 0 N–H and O–H groups in total. The fourth-order valence-corrected chi connectivity index (χ4v) is 2.48. The minimum absolute atomic E-state index is 0.0532. The van der Waals surface area contributed by atoms with Crippen LogP contribution in [0.2, 0.25) is 0 Å². The predicted molar refractivity (Wildman–Crippen MR) is 83.8 cm³/mol. The Morgan fingerprint density at radius 1 is 1.18 bits per heavy atom. The van der Waals surface area contributed by atoms with Crippen LogP contribution in [0.15, 0.2) is 45.9 Å². The minimum Gasteiger partial charge on any atom is -0.455 e. The van der Waals surface area contributed by atoms with Gasteiger partial charge in [-0.15, -0.1) is 0 Å². The lowest BCUT2D eigenvalue weighted by atomic mass is 10.1. The lowest BCUT2D eigenvalue weighted by molar-refractivity contribution is -0.384. The van der Waals surface area contributed by atoms with Crippen molar-refractivity contribution in [2.75, 3.05) is 13.1 Å². The van der Waals surface area contributed by atoms with Gasteiger partial charge in [-0.1, -0.05) is 12.1 Å². The molecule has 1 aliphatic rings. The number of hydrogen-bond acceptors (Lipinski definition) is 5. The third-order valence-electron chi connectivity index (χ3n) is 3.65. The topological polar surface area (TPSA) is 71.9 Å². The number of nitrogens with zero attached hydrogens (tertiary/aromatic N) is 3. The lowest BCUT2D eigenvalue weighted by Gasteiger charge is -2.22. The van der Waals surface area contributed by atoms with E-state index in [2.05, 4.69) is 5.10 Å². The average Bonchev–Trinajstić information content (AvgIpc) is 3.03. The molecule has 2 heterocycles. The molecule has 0 unspecified atom stereocenters. The summed E-state index contributed by atoms with van der Waals surface area (Å²) in [6.07, 6.45) is 5.32. The Morgan fingerprint density at radius 3 is 2.77 bits per heavy atom. The molecule has 0 amide bonds. The summed E-state index contributed by atoms with van der Waals surface area (Å²) in [4.78, 5) is 10.4. The SMILES string of the molecule is O=[N+]([O-])c1cccc(-c2ccc(/C=N/N3CCCCC3)o2)c1. The quantitative estimate of drug-likeness (QED) is 0.490. The van der Waals surface area contributed by atoms with E-state index in [0.29, 0.717) is 17.1 Å². The number of furan rings is 1. The summed E-state index contributed by atoms with van der Waals surface area (Å²) in [5.41, 5.74) is 0.740. The van der Waals surface area contributed by atoms with Crippen LogP contribution in [-0.2, 0) is 0 Å². The van der Waals surface area contributed by atoms with Crippen molar-refractivity contribution >= 4 is 11.9 Å². The van der Waals surface area contributed by atoms with E-state index in [1.807, 2.05) is 11.1 Å². The van der Waals surface area contributed by atoms with Crippen LogP contribution >= 0.6 is 0 Å². The zero-order chi connectivity index (χ0) is 15.4. The van der Waals surface area contributed by atoms with Gasteiger partial charge >= 0.3 is 0 Å². The van der Waals surface area contributed by atoms with Gasteiger partial charge in [-0.05, 0) is 31.4 Å². The molecule has 0 saturated carbocycles. The second kappa shape index (κ2) is 6.43. The van der Waals surface area contributed by atoms with Crippen LogP contribution < -0.4 is 0 Å². The molecule has 1 aromatic heterocycles. The van der Waals surface area contributed by atoms with Crippen LogP contribution in [0.4, 0.5) is 5.69 Å². The van der Waals surface area contributed by atoms with Gasteiger partial charge in [-0.25, -0.2) is 0 Å². The molecule has 6 nitrogen and oxygen atoms in total. The van der Waals surface area contributed by atoms with Crippen molar-refractivity contribution in [3.63, 3.8) is 0 Å². The molecular weight excluding hydrogens is 282 g/mol. The molecule has 0 spiro atoms. The first-order chi connectivity index (χ1) is 10.7. The third-order valence-corrected chi connectivity index (χ3v) is 3.65. The van der Waals surface area contributed by atoms with Gasteiger partial charge in [0, 0.05) is 30.8 Å². The van der Waals surface area contributed by atoms with Gasteiger partial charge in [0.25, 0.3) is 5.69 Å². The standard InChI is InChI=1S/C16H17N3O3/c20-19(21)14-6-4-5-13(11-14)16-8-7-15(22-16)12-17-18-9-2-1-3-10-18/h4-8,11-12H,1-3,9-10H2/b17-12+. The minimum atomic E-state index is -0.412. The van der Waals surface area contributed by atoms with Crippen LogP contribution in [0.3, 0.4) is 0 Å². The van der Waals surface area contributed by atoms with E-state index < -0.39 is 4.92 Å². The molecule has 3 rings (SSSR count). The molecule has 2 aromatic rings. The third kappa shape index (κ3) is 3.33. The van der Waals surface area contributed by atoms with Crippen LogP contribution in [0.5, 0.6) is 0 Å². The maximum atomic E-state index is 10.8. The summed E-state index contributed by atoms with van der Waals surface area (Å²) in [5.74, 6) is 1.25. The molecule has 0 aliphatic carbocycles. The predicted octanol–water partition coefficient (Wildman–Crippen LogP) is 3.67. The maximum Gasteiger partial charge on any atom is 0.270 e. The summed E-state index contributed by atoms with van der Waals surface area (Å²) in [6, 6.07) is 10.0. The van der Waals surface area contributed by atoms with Crippen LogP contribution in [0.25, 0.3) is 11.3 Å². The van der Waals surface area contributed by atoms with E-state index in [1.54, 1.807) is 24.4 Å². The van der Waals surface area contributed by atoms with E-state index in [0.717, 1.165) is 13.1 Å². The lowest BCUT2D eigenvalue weighted by Crippen LogP contribution is -2.24. The average molecular weight is 299 g/mol. The molecule has 0 radical (unpaired) electrons. The molecule has 114 valence electrons. The van der Waals surface area contributed by atoms with E-state index in [4.69, 9.17) is 4.42 Å². The Bertz CT molecular complexity index is 687. The monoisotopic (exact) mass is 299 g/mol. The number of hydrogen-bond donors (Lipinski definition) is 0. The molecule has 0 bridgehead atoms. The Labute approximate surface area is 128 Å². The van der Waals surface area contributed by atoms with E-state index in [1.165, 1.54) is 31.4 Å². The molecule has 1 aromatic carbocycles. The molecule has 22 heavy (non-hydrogen) atoms. The number of nitro benzene ring substituents is 1. The molecular formula is C16H17N3O3. The van der Waals surface area contributed by atoms with Gasteiger partial charge in [-0.2, -0.15) is 5.10 Å². The van der Waals surface area contributed by atoms with E-state index in [-0.39, 0.29) is 5.69 Å². The Morgan fingerprint density at radius 2 is 2.00 bits per heavy atom. The molecule has 1 saturated heterocycles. The van der Waals surface area contributed by atoms with E-state index >= 15 is 0 Å². The highest BCUT2D eigenvalue weighted by Gasteiger charge is 2.10. The van der Waals surface area contributed by atoms with Gasteiger partial charge in [-0.3, -0.25) is 15.1 Å². The Balaban J connectivity index is 1.74. The van der Waals surface area contributed by atoms with E-state index in [9.17, 15) is 10.1 Å². The molecule has 1 fully saturated rings. The number of benzene rings is 1. The van der Waals surface area contributed by atoms with Gasteiger partial charge in [0.1, 0.15) is 11.5 Å². The fourth-order valence-electron chi connectivity index (χ4n) is 2.48. The first-order valence-corrected chi connectivity index (χ1v) is 7.36. The highest BCUT2D eigenvalue weighted by atomic mass is 16.6. The highest BCUT2D eigenvalue weighted by molar-refractivity contribution is 5.77. The van der Waals surface area contributed by atoms with Crippen molar-refractivity contribution in [2.45, 2.75) is 19.3 Å². The molecule has 0 atom stereocenters. The van der Waals surface area contributed by atoms with Crippen LogP contribution in [0.1, 0.15) is 25.0 Å². The van der Waals surface area contributed by atoms with Crippen molar-refractivity contribution in [1.29, 1.82) is 0 Å². The maximum absolute atomic E-state index is 10.8. The van der Waals surface area contributed by atoms with Crippen molar-refractivity contribution in [3.05, 3.63) is 52.3 Å². The number of nitro groups is 1. The molecule has 6 heteroatoms. The van der Waals surface area contributed by atoms with Gasteiger partial charge in [0.05, 0.1) is 11.1 Å². The summed E-state index contributed by atoms with van der Waals surface area (Å²) < 4.78 is 5.70. The highest BCUT2D eigenvalue weighted by Crippen LogP contribution is 2.25. The smallest absolute Gasteiger partial charge is 0.270 e. The normalized spacial score (nSPS) is 15.4. The fraction of sp³-hybridized carbons (Fsp3) is 0.312. The summed E-state index contributed by atoms with van der Waals surface area (Å²) >= 11 is 0. The Kier molecular flexibility index (Phi) is 4.18. The van der Waals surface area contributed by atoms with Crippen molar-refractivity contribution < 1.29 is 9.34 Å². The second-order valence-corrected chi connectivity index (χ2v) is 5.27.